The molecular formula is C19H29N3O3. The number of nitrogens with zero attached hydrogens (tertiary/aromatic N) is 3. The summed E-state index contributed by atoms with van der Waals surface area (Å²) in [7, 11) is 1.68. The molecule has 0 N–H and O–H groups in total. The molecule has 2 aliphatic rings. The van der Waals surface area contributed by atoms with Crippen molar-refractivity contribution in [2.75, 3.05) is 57.8 Å². The maximum Gasteiger partial charge on any atom is 0.236 e. The summed E-state index contributed by atoms with van der Waals surface area (Å²) in [4.78, 5) is 19.1. The second kappa shape index (κ2) is 8.06. The largest absolute Gasteiger partial charge is 0.497 e. The molecule has 1 amide bonds. The molecule has 2 heterocycles. The molecule has 2 atom stereocenters. The monoisotopic (exact) mass is 347 g/mol. The molecule has 0 spiro atoms. The number of methoxy groups -OCH3 is 1. The van der Waals surface area contributed by atoms with Crippen LogP contribution in [0.15, 0.2) is 24.3 Å². The Bertz CT molecular complexity index is 560. The molecule has 6 nitrogen and oxygen atoms in total. The number of carbonyl (C=O) groups excluding carboxylic acids is 1. The molecule has 2 unspecified atom stereocenters. The van der Waals surface area contributed by atoms with Crippen LogP contribution >= 0.6 is 0 Å². The smallest absolute Gasteiger partial charge is 0.236 e. The molecule has 2 fully saturated rings. The van der Waals surface area contributed by atoms with Gasteiger partial charge in [-0.05, 0) is 38.1 Å². The maximum atomic E-state index is 12.6. The average Bonchev–Trinajstić information content (AvgIpc) is 2.61. The quantitative estimate of drug-likeness (QED) is 0.825. The van der Waals surface area contributed by atoms with Crippen molar-refractivity contribution in [2.24, 2.45) is 0 Å². The Morgan fingerprint density at radius 3 is 2.24 bits per heavy atom. The van der Waals surface area contributed by atoms with Crippen molar-refractivity contribution in [3.8, 4) is 5.75 Å². The Balaban J connectivity index is 1.48. The van der Waals surface area contributed by atoms with Crippen LogP contribution in [0.3, 0.4) is 0 Å². The first-order valence-electron chi connectivity index (χ1n) is 9.09. The van der Waals surface area contributed by atoms with E-state index in [2.05, 4.69) is 35.8 Å². The fourth-order valence-electron chi connectivity index (χ4n) is 3.71. The van der Waals surface area contributed by atoms with Crippen molar-refractivity contribution in [1.29, 1.82) is 0 Å². The fraction of sp³-hybridized carbons (Fsp3) is 0.632. The predicted molar refractivity (Wildman–Crippen MR) is 98.2 cm³/mol. The lowest BCUT2D eigenvalue weighted by atomic mass is 10.2. The number of rotatable bonds is 4. The fourth-order valence-corrected chi connectivity index (χ4v) is 3.71. The molecule has 0 saturated carbocycles. The Kier molecular flexibility index (Phi) is 5.81. The van der Waals surface area contributed by atoms with E-state index >= 15 is 0 Å². The van der Waals surface area contributed by atoms with Gasteiger partial charge < -0.3 is 19.3 Å². The van der Waals surface area contributed by atoms with E-state index in [-0.39, 0.29) is 18.1 Å². The molecule has 0 aromatic heterocycles. The summed E-state index contributed by atoms with van der Waals surface area (Å²) in [6, 6.07) is 8.11. The molecule has 1 aromatic rings. The van der Waals surface area contributed by atoms with Crippen molar-refractivity contribution in [1.82, 2.24) is 9.80 Å². The number of hydrogen-bond donors (Lipinski definition) is 0. The van der Waals surface area contributed by atoms with E-state index in [1.165, 1.54) is 5.69 Å². The van der Waals surface area contributed by atoms with Crippen molar-refractivity contribution >= 4 is 11.6 Å². The third kappa shape index (κ3) is 4.64. The summed E-state index contributed by atoms with van der Waals surface area (Å²) >= 11 is 0. The molecule has 0 radical (unpaired) electrons. The number of piperazine rings is 1. The summed E-state index contributed by atoms with van der Waals surface area (Å²) in [5.74, 6) is 1.10. The lowest BCUT2D eigenvalue weighted by molar-refractivity contribution is -0.136. The zero-order valence-electron chi connectivity index (χ0n) is 15.5. The Morgan fingerprint density at radius 2 is 1.68 bits per heavy atom. The lowest BCUT2D eigenvalue weighted by Gasteiger charge is -2.39. The minimum absolute atomic E-state index is 0.198. The van der Waals surface area contributed by atoms with Gasteiger partial charge in [0.25, 0.3) is 0 Å². The van der Waals surface area contributed by atoms with Crippen LogP contribution in [0.5, 0.6) is 5.75 Å². The summed E-state index contributed by atoms with van der Waals surface area (Å²) in [5, 5.41) is 0. The molecule has 0 bridgehead atoms. The number of ether oxygens (including phenoxy) is 2. The lowest BCUT2D eigenvalue weighted by Crippen LogP contribution is -2.53. The average molecular weight is 347 g/mol. The van der Waals surface area contributed by atoms with Gasteiger partial charge in [-0.1, -0.05) is 0 Å². The van der Waals surface area contributed by atoms with Crippen LogP contribution in [0, 0.1) is 0 Å². The Labute approximate surface area is 150 Å². The number of anilines is 1. The first-order chi connectivity index (χ1) is 12.0. The van der Waals surface area contributed by atoms with Crippen molar-refractivity contribution in [3.05, 3.63) is 24.3 Å². The van der Waals surface area contributed by atoms with E-state index in [1.807, 2.05) is 17.0 Å². The van der Waals surface area contributed by atoms with Gasteiger partial charge >= 0.3 is 0 Å². The molecule has 2 aliphatic heterocycles. The molecule has 6 heteroatoms. The van der Waals surface area contributed by atoms with Gasteiger partial charge in [0.15, 0.2) is 0 Å². The molecule has 138 valence electrons. The number of benzene rings is 1. The second-order valence-electron chi connectivity index (χ2n) is 7.02. The highest BCUT2D eigenvalue weighted by atomic mass is 16.5. The summed E-state index contributed by atoms with van der Waals surface area (Å²) in [5.41, 5.74) is 1.18. The first-order valence-corrected chi connectivity index (χ1v) is 9.09. The third-order valence-corrected chi connectivity index (χ3v) is 4.92. The van der Waals surface area contributed by atoms with Gasteiger partial charge in [-0.2, -0.15) is 0 Å². The summed E-state index contributed by atoms with van der Waals surface area (Å²) in [6.45, 7) is 9.61. The zero-order chi connectivity index (χ0) is 17.8. The first kappa shape index (κ1) is 18.0. The van der Waals surface area contributed by atoms with Crippen LogP contribution in [-0.2, 0) is 9.53 Å². The van der Waals surface area contributed by atoms with E-state index in [9.17, 15) is 4.79 Å². The topological polar surface area (TPSA) is 45.2 Å². The van der Waals surface area contributed by atoms with Crippen LogP contribution in [0.2, 0.25) is 0 Å². The highest BCUT2D eigenvalue weighted by molar-refractivity contribution is 5.78. The predicted octanol–water partition coefficient (Wildman–Crippen LogP) is 1.45. The van der Waals surface area contributed by atoms with Crippen LogP contribution < -0.4 is 9.64 Å². The molecule has 1 aromatic carbocycles. The number of amides is 1. The van der Waals surface area contributed by atoms with Crippen LogP contribution in [0.1, 0.15) is 13.8 Å². The molecule has 3 rings (SSSR count). The molecule has 0 aliphatic carbocycles. The van der Waals surface area contributed by atoms with E-state index in [0.717, 1.165) is 45.0 Å². The van der Waals surface area contributed by atoms with E-state index < -0.39 is 0 Å². The summed E-state index contributed by atoms with van der Waals surface area (Å²) < 4.78 is 10.9. The maximum absolute atomic E-state index is 12.6. The molecular weight excluding hydrogens is 318 g/mol. The van der Waals surface area contributed by atoms with Crippen LogP contribution in [0.4, 0.5) is 5.69 Å². The van der Waals surface area contributed by atoms with Gasteiger partial charge in [-0.25, -0.2) is 0 Å². The van der Waals surface area contributed by atoms with E-state index in [4.69, 9.17) is 9.47 Å². The Morgan fingerprint density at radius 1 is 1.08 bits per heavy atom. The van der Waals surface area contributed by atoms with Gasteiger partial charge in [0.2, 0.25) is 5.91 Å². The SMILES string of the molecule is COc1ccc(N2CCN(C(=O)CN3CC(C)OC(C)C3)CC2)cc1. The summed E-state index contributed by atoms with van der Waals surface area (Å²) in [6.07, 6.45) is 0.395. The van der Waals surface area contributed by atoms with Gasteiger partial charge in [-0.3, -0.25) is 9.69 Å². The third-order valence-electron chi connectivity index (χ3n) is 4.92. The van der Waals surface area contributed by atoms with Crippen LogP contribution in [-0.4, -0.2) is 80.8 Å². The Hall–Kier alpha value is -1.79. The number of carbonyl (C=O) groups is 1. The minimum atomic E-state index is 0.198. The van der Waals surface area contributed by atoms with Crippen molar-refractivity contribution in [3.63, 3.8) is 0 Å². The van der Waals surface area contributed by atoms with Gasteiger partial charge in [-0.15, -0.1) is 0 Å². The van der Waals surface area contributed by atoms with Gasteiger partial charge in [0.05, 0.1) is 25.9 Å². The zero-order valence-corrected chi connectivity index (χ0v) is 15.5. The van der Waals surface area contributed by atoms with Gasteiger partial charge in [0.1, 0.15) is 5.75 Å². The molecule has 2 saturated heterocycles. The number of hydrogen-bond acceptors (Lipinski definition) is 5. The van der Waals surface area contributed by atoms with E-state index in [1.54, 1.807) is 7.11 Å². The second-order valence-corrected chi connectivity index (χ2v) is 7.02. The molecule has 25 heavy (non-hydrogen) atoms. The standard InChI is InChI=1S/C19H29N3O3/c1-15-12-20(13-16(2)25-15)14-19(23)22-10-8-21(9-11-22)17-4-6-18(24-3)7-5-17/h4-7,15-16H,8-14H2,1-3H3. The van der Waals surface area contributed by atoms with E-state index in [0.29, 0.717) is 6.54 Å². The highest BCUT2D eigenvalue weighted by Gasteiger charge is 2.27. The normalized spacial score (nSPS) is 25.1. The highest BCUT2D eigenvalue weighted by Crippen LogP contribution is 2.20. The van der Waals surface area contributed by atoms with Crippen molar-refractivity contribution in [2.45, 2.75) is 26.1 Å². The van der Waals surface area contributed by atoms with Crippen LogP contribution in [0.25, 0.3) is 0 Å². The van der Waals surface area contributed by atoms with Crippen molar-refractivity contribution < 1.29 is 14.3 Å². The number of morpholine rings is 1. The van der Waals surface area contributed by atoms with Gasteiger partial charge in [0, 0.05) is 45.0 Å². The minimum Gasteiger partial charge on any atom is -0.497 e.